The first-order valence-corrected chi connectivity index (χ1v) is 6.04. The number of para-hydroxylation sites is 1. The van der Waals surface area contributed by atoms with E-state index < -0.39 is 0 Å². The van der Waals surface area contributed by atoms with E-state index in [1.807, 2.05) is 30.3 Å². The van der Waals surface area contributed by atoms with Crippen LogP contribution in [0.4, 0.5) is 0 Å². The maximum absolute atomic E-state index is 5.90. The molecule has 0 atom stereocenters. The van der Waals surface area contributed by atoms with Crippen molar-refractivity contribution in [2.45, 2.75) is 0 Å². The van der Waals surface area contributed by atoms with Gasteiger partial charge >= 0.3 is 0 Å². The fourth-order valence-electron chi connectivity index (χ4n) is 1.85. The van der Waals surface area contributed by atoms with Gasteiger partial charge in [-0.15, -0.1) is 0 Å². The molecule has 1 aromatic carbocycles. The maximum atomic E-state index is 5.90. The number of pyridine rings is 1. The van der Waals surface area contributed by atoms with Crippen LogP contribution in [0.2, 0.25) is 10.4 Å². The van der Waals surface area contributed by atoms with Gasteiger partial charge < -0.3 is 0 Å². The third-order valence-electron chi connectivity index (χ3n) is 2.59. The lowest BCUT2D eigenvalue weighted by molar-refractivity contribution is 1.17. The van der Waals surface area contributed by atoms with Crippen molar-refractivity contribution in [3.63, 3.8) is 0 Å². The molecule has 18 heavy (non-hydrogen) atoms. The molecule has 5 heteroatoms. The molecule has 88 valence electrons. The molecular formula is C13H7Cl2N3. The predicted molar refractivity (Wildman–Crippen MR) is 72.8 cm³/mol. The van der Waals surface area contributed by atoms with E-state index in [1.54, 1.807) is 12.3 Å². The lowest BCUT2D eigenvalue weighted by Crippen LogP contribution is -1.90. The van der Waals surface area contributed by atoms with Crippen molar-refractivity contribution < 1.29 is 0 Å². The summed E-state index contributed by atoms with van der Waals surface area (Å²) in [5, 5.41) is 1.47. The Balaban J connectivity index is 2.31. The minimum atomic E-state index is 0.137. The fourth-order valence-corrected chi connectivity index (χ4v) is 2.26. The standard InChI is InChI=1S/C13H7Cl2N3/c14-12-7-11(17-13(15)18-12)9-5-6-16-10-4-2-1-3-8(9)10/h1-7H. The van der Waals surface area contributed by atoms with Gasteiger partial charge in [-0.25, -0.2) is 9.97 Å². The van der Waals surface area contributed by atoms with E-state index in [9.17, 15) is 0 Å². The Kier molecular flexibility index (Phi) is 2.86. The summed E-state index contributed by atoms with van der Waals surface area (Å²) in [5.74, 6) is 0. The van der Waals surface area contributed by atoms with E-state index >= 15 is 0 Å². The minimum absolute atomic E-state index is 0.137. The lowest BCUT2D eigenvalue weighted by atomic mass is 10.1. The van der Waals surface area contributed by atoms with Crippen molar-refractivity contribution in [1.82, 2.24) is 15.0 Å². The molecule has 0 unspecified atom stereocenters. The van der Waals surface area contributed by atoms with Gasteiger partial charge in [0.25, 0.3) is 0 Å². The first-order valence-electron chi connectivity index (χ1n) is 5.28. The predicted octanol–water partition coefficient (Wildman–Crippen LogP) is 4.00. The molecule has 2 aromatic heterocycles. The molecule has 3 rings (SSSR count). The molecule has 2 heterocycles. The number of halogens is 2. The lowest BCUT2D eigenvalue weighted by Gasteiger charge is -2.05. The number of fused-ring (bicyclic) bond motifs is 1. The summed E-state index contributed by atoms with van der Waals surface area (Å²) in [6.07, 6.45) is 1.74. The molecular weight excluding hydrogens is 269 g/mol. The zero-order valence-electron chi connectivity index (χ0n) is 9.14. The Hall–Kier alpha value is -1.71. The number of rotatable bonds is 1. The molecule has 0 saturated carbocycles. The second-order valence-electron chi connectivity index (χ2n) is 3.72. The second kappa shape index (κ2) is 4.52. The Morgan fingerprint density at radius 3 is 2.61 bits per heavy atom. The van der Waals surface area contributed by atoms with Gasteiger partial charge in [0.1, 0.15) is 5.15 Å². The van der Waals surface area contributed by atoms with Gasteiger partial charge in [0.2, 0.25) is 5.28 Å². The first kappa shape index (κ1) is 11.4. The summed E-state index contributed by atoms with van der Waals surface area (Å²) < 4.78 is 0. The molecule has 3 nitrogen and oxygen atoms in total. The minimum Gasteiger partial charge on any atom is -0.256 e. The van der Waals surface area contributed by atoms with Crippen molar-refractivity contribution in [2.75, 3.05) is 0 Å². The highest BCUT2D eigenvalue weighted by atomic mass is 35.5. The number of nitrogens with zero attached hydrogens (tertiary/aromatic N) is 3. The highest BCUT2D eigenvalue weighted by molar-refractivity contribution is 6.32. The zero-order valence-corrected chi connectivity index (χ0v) is 10.7. The summed E-state index contributed by atoms with van der Waals surface area (Å²) in [5.41, 5.74) is 2.53. The van der Waals surface area contributed by atoms with Crippen LogP contribution in [0.1, 0.15) is 0 Å². The molecule has 0 aliphatic heterocycles. The van der Waals surface area contributed by atoms with Crippen LogP contribution in [0.5, 0.6) is 0 Å². The van der Waals surface area contributed by atoms with E-state index in [2.05, 4.69) is 15.0 Å². The van der Waals surface area contributed by atoms with Crippen LogP contribution in [0.3, 0.4) is 0 Å². The third kappa shape index (κ3) is 2.03. The van der Waals surface area contributed by atoms with Crippen molar-refractivity contribution in [3.05, 3.63) is 53.0 Å². The first-order chi connectivity index (χ1) is 8.74. The van der Waals surface area contributed by atoms with Gasteiger partial charge in [0, 0.05) is 23.2 Å². The quantitative estimate of drug-likeness (QED) is 0.498. The van der Waals surface area contributed by atoms with Gasteiger partial charge in [-0.3, -0.25) is 4.98 Å². The normalized spacial score (nSPS) is 10.8. The van der Waals surface area contributed by atoms with E-state index in [-0.39, 0.29) is 5.28 Å². The Morgan fingerprint density at radius 2 is 1.78 bits per heavy atom. The summed E-state index contributed by atoms with van der Waals surface area (Å²) in [6, 6.07) is 11.4. The number of hydrogen-bond donors (Lipinski definition) is 0. The molecule has 0 aliphatic rings. The molecule has 0 radical (unpaired) electrons. The zero-order chi connectivity index (χ0) is 12.5. The highest BCUT2D eigenvalue weighted by Gasteiger charge is 2.08. The fraction of sp³-hybridized carbons (Fsp3) is 0. The Labute approximate surface area is 113 Å². The SMILES string of the molecule is Clc1cc(-c2ccnc3ccccc23)nc(Cl)n1. The van der Waals surface area contributed by atoms with E-state index in [4.69, 9.17) is 23.2 Å². The highest BCUT2D eigenvalue weighted by Crippen LogP contribution is 2.27. The number of aromatic nitrogens is 3. The van der Waals surface area contributed by atoms with Crippen LogP contribution < -0.4 is 0 Å². The molecule has 0 aliphatic carbocycles. The van der Waals surface area contributed by atoms with Crippen LogP contribution in [0, 0.1) is 0 Å². The molecule has 0 spiro atoms. The topological polar surface area (TPSA) is 38.7 Å². The van der Waals surface area contributed by atoms with Crippen LogP contribution in [-0.4, -0.2) is 15.0 Å². The van der Waals surface area contributed by atoms with E-state index in [1.165, 1.54) is 0 Å². The number of hydrogen-bond acceptors (Lipinski definition) is 3. The van der Waals surface area contributed by atoms with Crippen LogP contribution in [0.25, 0.3) is 22.2 Å². The molecule has 0 saturated heterocycles. The van der Waals surface area contributed by atoms with Gasteiger partial charge in [-0.1, -0.05) is 29.8 Å². The maximum Gasteiger partial charge on any atom is 0.224 e. The van der Waals surface area contributed by atoms with E-state index in [0.717, 1.165) is 16.5 Å². The summed E-state index contributed by atoms with van der Waals surface area (Å²) in [6.45, 7) is 0. The van der Waals surface area contributed by atoms with Crippen LogP contribution in [-0.2, 0) is 0 Å². The summed E-state index contributed by atoms with van der Waals surface area (Å²) in [7, 11) is 0. The van der Waals surface area contributed by atoms with Gasteiger partial charge in [-0.2, -0.15) is 0 Å². The van der Waals surface area contributed by atoms with Crippen LogP contribution in [0.15, 0.2) is 42.6 Å². The Bertz CT molecular complexity index is 703. The number of benzene rings is 1. The monoisotopic (exact) mass is 275 g/mol. The largest absolute Gasteiger partial charge is 0.256 e. The van der Waals surface area contributed by atoms with Gasteiger partial charge in [0.05, 0.1) is 11.2 Å². The second-order valence-corrected chi connectivity index (χ2v) is 4.45. The average Bonchev–Trinajstić information content (AvgIpc) is 2.37. The molecule has 0 N–H and O–H groups in total. The van der Waals surface area contributed by atoms with Crippen molar-refractivity contribution in [1.29, 1.82) is 0 Å². The average molecular weight is 276 g/mol. The molecule has 3 aromatic rings. The molecule has 0 fully saturated rings. The molecule has 0 bridgehead atoms. The summed E-state index contributed by atoms with van der Waals surface area (Å²) in [4.78, 5) is 12.3. The van der Waals surface area contributed by atoms with Gasteiger partial charge in [-0.05, 0) is 23.7 Å². The smallest absolute Gasteiger partial charge is 0.224 e. The third-order valence-corrected chi connectivity index (χ3v) is 2.96. The van der Waals surface area contributed by atoms with Crippen molar-refractivity contribution in [2.24, 2.45) is 0 Å². The van der Waals surface area contributed by atoms with Crippen molar-refractivity contribution in [3.8, 4) is 11.3 Å². The van der Waals surface area contributed by atoms with Crippen LogP contribution >= 0.6 is 23.2 Å². The van der Waals surface area contributed by atoms with E-state index in [0.29, 0.717) is 10.8 Å². The summed E-state index contributed by atoms with van der Waals surface area (Å²) >= 11 is 11.7. The molecule has 0 amide bonds. The van der Waals surface area contributed by atoms with Gasteiger partial charge in [0.15, 0.2) is 0 Å². The van der Waals surface area contributed by atoms with Crippen molar-refractivity contribution >= 4 is 34.1 Å². The Morgan fingerprint density at radius 1 is 0.944 bits per heavy atom.